The molecule has 2 aromatic carbocycles. The normalized spacial score (nSPS) is 11.6. The van der Waals surface area contributed by atoms with Gasteiger partial charge in [0.1, 0.15) is 5.75 Å². The number of carboxylic acids is 1. The molecule has 0 radical (unpaired) electrons. The number of amides is 1. The Balaban J connectivity index is 2.09. The number of carboxylic acid groups (broad SMARTS) is 1. The van der Waals surface area contributed by atoms with E-state index in [-0.39, 0.29) is 24.7 Å². The van der Waals surface area contributed by atoms with E-state index in [2.05, 4.69) is 5.32 Å². The van der Waals surface area contributed by atoms with E-state index in [0.717, 1.165) is 16.9 Å². The van der Waals surface area contributed by atoms with Gasteiger partial charge in [-0.15, -0.1) is 0 Å². The topological polar surface area (TPSA) is 75.6 Å². The molecule has 0 aliphatic heterocycles. The van der Waals surface area contributed by atoms with Crippen LogP contribution in [0.4, 0.5) is 5.69 Å². The third-order valence-electron chi connectivity index (χ3n) is 3.83. The molecule has 2 aromatic rings. The van der Waals surface area contributed by atoms with Crippen molar-refractivity contribution >= 4 is 17.6 Å². The number of aryl methyl sites for hydroxylation is 1. The Kier molecular flexibility index (Phi) is 5.95. The molecule has 0 bridgehead atoms. The summed E-state index contributed by atoms with van der Waals surface area (Å²) in [5, 5.41) is 12.0. The zero-order valence-electron chi connectivity index (χ0n) is 13.8. The van der Waals surface area contributed by atoms with E-state index in [4.69, 9.17) is 9.84 Å². The highest BCUT2D eigenvalue weighted by atomic mass is 16.5. The molecule has 1 atom stereocenters. The highest BCUT2D eigenvalue weighted by molar-refractivity contribution is 5.92. The maximum atomic E-state index is 12.3. The Hall–Kier alpha value is -2.82. The Labute approximate surface area is 141 Å². The van der Waals surface area contributed by atoms with Gasteiger partial charge >= 0.3 is 5.97 Å². The summed E-state index contributed by atoms with van der Waals surface area (Å²) in [5.74, 6) is -0.767. The molecule has 0 aliphatic carbocycles. The fourth-order valence-corrected chi connectivity index (χ4v) is 2.57. The first-order chi connectivity index (χ1) is 11.5. The van der Waals surface area contributed by atoms with Gasteiger partial charge in [-0.05, 0) is 36.2 Å². The first kappa shape index (κ1) is 17.5. The summed E-state index contributed by atoms with van der Waals surface area (Å²) < 4.78 is 5.14. The molecule has 24 heavy (non-hydrogen) atoms. The van der Waals surface area contributed by atoms with Crippen LogP contribution in [0, 0.1) is 6.92 Å². The summed E-state index contributed by atoms with van der Waals surface area (Å²) in [6, 6.07) is 14.6. The quantitative estimate of drug-likeness (QED) is 0.815. The SMILES string of the molecule is COc1ccc(NC(=O)CC(CC(=O)O)c2ccccc2)c(C)c1. The van der Waals surface area contributed by atoms with Crippen LogP contribution < -0.4 is 10.1 Å². The molecule has 5 nitrogen and oxygen atoms in total. The molecule has 5 heteroatoms. The summed E-state index contributed by atoms with van der Waals surface area (Å²) in [4.78, 5) is 23.5. The van der Waals surface area contributed by atoms with E-state index >= 15 is 0 Å². The van der Waals surface area contributed by atoms with E-state index in [9.17, 15) is 9.59 Å². The van der Waals surface area contributed by atoms with E-state index in [1.807, 2.05) is 43.3 Å². The van der Waals surface area contributed by atoms with Gasteiger partial charge in [-0.3, -0.25) is 9.59 Å². The molecule has 0 aromatic heterocycles. The number of carbonyl (C=O) groups excluding carboxylic acids is 1. The molecule has 0 aliphatic rings. The molecule has 0 saturated heterocycles. The van der Waals surface area contributed by atoms with Crippen LogP contribution in [-0.4, -0.2) is 24.1 Å². The van der Waals surface area contributed by atoms with Crippen LogP contribution in [0.1, 0.15) is 29.9 Å². The van der Waals surface area contributed by atoms with E-state index < -0.39 is 5.97 Å². The van der Waals surface area contributed by atoms with Crippen molar-refractivity contribution in [3.05, 3.63) is 59.7 Å². The lowest BCUT2D eigenvalue weighted by Crippen LogP contribution is -2.18. The van der Waals surface area contributed by atoms with Gasteiger partial charge in [0.25, 0.3) is 0 Å². The van der Waals surface area contributed by atoms with Crippen molar-refractivity contribution in [2.24, 2.45) is 0 Å². The molecular formula is C19H21NO4. The number of carbonyl (C=O) groups is 2. The highest BCUT2D eigenvalue weighted by Gasteiger charge is 2.19. The van der Waals surface area contributed by atoms with E-state index in [1.54, 1.807) is 19.2 Å². The van der Waals surface area contributed by atoms with Gasteiger partial charge in [-0.25, -0.2) is 0 Å². The molecule has 0 heterocycles. The Bertz CT molecular complexity index is 713. The van der Waals surface area contributed by atoms with Crippen LogP contribution in [0.5, 0.6) is 5.75 Å². The fourth-order valence-electron chi connectivity index (χ4n) is 2.57. The minimum atomic E-state index is -0.919. The molecule has 126 valence electrons. The second kappa shape index (κ2) is 8.15. The van der Waals surface area contributed by atoms with Gasteiger partial charge < -0.3 is 15.2 Å². The predicted molar refractivity (Wildman–Crippen MR) is 92.4 cm³/mol. The van der Waals surface area contributed by atoms with Gasteiger partial charge in [-0.2, -0.15) is 0 Å². The number of ether oxygens (including phenoxy) is 1. The lowest BCUT2D eigenvalue weighted by Gasteiger charge is -2.16. The van der Waals surface area contributed by atoms with Gasteiger partial charge in [0.2, 0.25) is 5.91 Å². The lowest BCUT2D eigenvalue weighted by atomic mass is 9.92. The molecule has 2 N–H and O–H groups in total. The zero-order valence-corrected chi connectivity index (χ0v) is 13.8. The number of methoxy groups -OCH3 is 1. The third-order valence-corrected chi connectivity index (χ3v) is 3.83. The lowest BCUT2D eigenvalue weighted by molar-refractivity contribution is -0.137. The average molecular weight is 327 g/mol. The molecule has 1 unspecified atom stereocenters. The van der Waals surface area contributed by atoms with Crippen molar-refractivity contribution in [2.45, 2.75) is 25.7 Å². The van der Waals surface area contributed by atoms with Gasteiger partial charge in [0.05, 0.1) is 13.5 Å². The Morgan fingerprint density at radius 3 is 2.42 bits per heavy atom. The Morgan fingerprint density at radius 1 is 1.12 bits per heavy atom. The molecule has 1 amide bonds. The smallest absolute Gasteiger partial charge is 0.303 e. The van der Waals surface area contributed by atoms with E-state index in [1.165, 1.54) is 0 Å². The largest absolute Gasteiger partial charge is 0.497 e. The van der Waals surface area contributed by atoms with Crippen LogP contribution in [-0.2, 0) is 9.59 Å². The Morgan fingerprint density at radius 2 is 1.83 bits per heavy atom. The van der Waals surface area contributed by atoms with Crippen LogP contribution in [0.15, 0.2) is 48.5 Å². The summed E-state index contributed by atoms with van der Waals surface area (Å²) in [7, 11) is 1.59. The van der Waals surface area contributed by atoms with Crippen LogP contribution in [0.25, 0.3) is 0 Å². The van der Waals surface area contributed by atoms with Gasteiger partial charge in [0.15, 0.2) is 0 Å². The molecule has 0 spiro atoms. The van der Waals surface area contributed by atoms with Crippen molar-refractivity contribution in [2.75, 3.05) is 12.4 Å². The number of benzene rings is 2. The second-order valence-corrected chi connectivity index (χ2v) is 5.64. The average Bonchev–Trinajstić information content (AvgIpc) is 2.56. The third kappa shape index (κ3) is 4.84. The van der Waals surface area contributed by atoms with Crippen LogP contribution in [0.2, 0.25) is 0 Å². The number of anilines is 1. The highest BCUT2D eigenvalue weighted by Crippen LogP contribution is 2.25. The molecular weight excluding hydrogens is 306 g/mol. The maximum absolute atomic E-state index is 12.3. The van der Waals surface area contributed by atoms with E-state index in [0.29, 0.717) is 5.69 Å². The minimum Gasteiger partial charge on any atom is -0.497 e. The fraction of sp³-hybridized carbons (Fsp3) is 0.263. The first-order valence-corrected chi connectivity index (χ1v) is 7.71. The van der Waals surface area contributed by atoms with Crippen molar-refractivity contribution < 1.29 is 19.4 Å². The maximum Gasteiger partial charge on any atom is 0.303 e. The van der Waals surface area contributed by atoms with Gasteiger partial charge in [0, 0.05) is 18.0 Å². The monoisotopic (exact) mass is 327 g/mol. The van der Waals surface area contributed by atoms with Crippen molar-refractivity contribution in [1.82, 2.24) is 0 Å². The van der Waals surface area contributed by atoms with Crippen molar-refractivity contribution in [3.63, 3.8) is 0 Å². The predicted octanol–water partition coefficient (Wildman–Crippen LogP) is 3.59. The number of rotatable bonds is 7. The number of hydrogen-bond donors (Lipinski definition) is 2. The summed E-state index contributed by atoms with van der Waals surface area (Å²) in [6.07, 6.45) is 0.0286. The van der Waals surface area contributed by atoms with Crippen LogP contribution in [0.3, 0.4) is 0 Å². The minimum absolute atomic E-state index is 0.0843. The number of aliphatic carboxylic acids is 1. The van der Waals surface area contributed by atoms with Crippen molar-refractivity contribution in [3.8, 4) is 5.75 Å². The standard InChI is InChI=1S/C19H21NO4/c1-13-10-16(24-2)8-9-17(13)20-18(21)11-15(12-19(22)23)14-6-4-3-5-7-14/h3-10,15H,11-12H2,1-2H3,(H,20,21)(H,22,23). The first-order valence-electron chi connectivity index (χ1n) is 7.71. The van der Waals surface area contributed by atoms with Crippen LogP contribution >= 0.6 is 0 Å². The molecule has 0 fully saturated rings. The number of nitrogens with one attached hydrogen (secondary N) is 1. The molecule has 2 rings (SSSR count). The molecule has 0 saturated carbocycles. The van der Waals surface area contributed by atoms with Crippen molar-refractivity contribution in [1.29, 1.82) is 0 Å². The second-order valence-electron chi connectivity index (χ2n) is 5.64. The zero-order chi connectivity index (χ0) is 17.5. The van der Waals surface area contributed by atoms with Gasteiger partial charge in [-0.1, -0.05) is 30.3 Å². The summed E-state index contributed by atoms with van der Waals surface area (Å²) in [5.41, 5.74) is 2.43. The summed E-state index contributed by atoms with van der Waals surface area (Å²) >= 11 is 0. The summed E-state index contributed by atoms with van der Waals surface area (Å²) in [6.45, 7) is 1.88. The number of hydrogen-bond acceptors (Lipinski definition) is 3.